The molecule has 0 aromatic rings. The number of hydrogen-bond donors (Lipinski definition) is 0. The zero-order valence-electron chi connectivity index (χ0n) is 21.8. The Labute approximate surface area is 201 Å². The Hall–Kier alpha value is 0.910. The summed E-state index contributed by atoms with van der Waals surface area (Å²) < 4.78 is 0. The molecule has 0 atom stereocenters. The van der Waals surface area contributed by atoms with Gasteiger partial charge in [0.05, 0.1) is 0 Å². The first-order valence-electron chi connectivity index (χ1n) is 14.3. The third-order valence-electron chi connectivity index (χ3n) is 7.28. The second kappa shape index (κ2) is 20.5. The first kappa shape index (κ1) is 30.9. The fourth-order valence-electron chi connectivity index (χ4n) is 5.09. The van der Waals surface area contributed by atoms with Gasteiger partial charge in [-0.25, -0.2) is 0 Å². The van der Waals surface area contributed by atoms with Crippen LogP contribution in [0.1, 0.15) is 156 Å². The van der Waals surface area contributed by atoms with Gasteiger partial charge in [-0.05, 0) is 0 Å². The van der Waals surface area contributed by atoms with E-state index >= 15 is 0 Å². The summed E-state index contributed by atoms with van der Waals surface area (Å²) in [6.07, 6.45) is 35.0. The van der Waals surface area contributed by atoms with Gasteiger partial charge in [0.1, 0.15) is 0 Å². The average molecular weight is 508 g/mol. The van der Waals surface area contributed by atoms with Gasteiger partial charge in [-0.1, -0.05) is 0 Å². The van der Waals surface area contributed by atoms with Gasteiger partial charge in [-0.15, -0.1) is 0 Å². The van der Waals surface area contributed by atoms with Crippen LogP contribution in [-0.4, -0.2) is 24.6 Å². The molecule has 0 saturated carbocycles. The van der Waals surface area contributed by atoms with E-state index in [1.807, 2.05) is 0 Å². The van der Waals surface area contributed by atoms with Gasteiger partial charge in [0.15, 0.2) is 0 Å². The van der Waals surface area contributed by atoms with Gasteiger partial charge in [0.25, 0.3) is 0 Å². The van der Waals surface area contributed by atoms with Crippen LogP contribution >= 0.6 is 20.8 Å². The zero-order chi connectivity index (χ0) is 22.4. The van der Waals surface area contributed by atoms with Crippen LogP contribution in [0, 0.1) is 0 Å². The van der Waals surface area contributed by atoms with Crippen molar-refractivity contribution in [2.24, 2.45) is 0 Å². The maximum atomic E-state index is 4.67. The number of rotatable bonds is 24. The van der Waals surface area contributed by atoms with Crippen LogP contribution in [0.2, 0.25) is 0 Å². The molecule has 0 nitrogen and oxygen atoms in total. The Morgan fingerprint density at radius 2 is 0.567 bits per heavy atom. The third-order valence-corrected chi connectivity index (χ3v) is 17.3. The standard InChI is InChI=1S/C28H60BrP/c1-5-9-13-16-19-22-26-30(29,25-12-8-4,27-23-20-17-14-10-6-2)28-24-21-18-15-11-7-3/h5-28H2,1-4H3. The van der Waals surface area contributed by atoms with Crippen molar-refractivity contribution in [1.29, 1.82) is 0 Å². The Balaban J connectivity index is 4.80. The Kier molecular flexibility index (Phi) is 21.1. The topological polar surface area (TPSA) is 0 Å². The Morgan fingerprint density at radius 3 is 0.867 bits per heavy atom. The van der Waals surface area contributed by atoms with Crippen LogP contribution in [0.15, 0.2) is 0 Å². The summed E-state index contributed by atoms with van der Waals surface area (Å²) in [6, 6.07) is 0. The van der Waals surface area contributed by atoms with E-state index < -0.39 is 5.31 Å². The summed E-state index contributed by atoms with van der Waals surface area (Å²) in [5, 5.41) is -1.70. The summed E-state index contributed by atoms with van der Waals surface area (Å²) in [5.74, 6) is 0. The fraction of sp³-hybridized carbons (Fsp3) is 1.00. The Bertz CT molecular complexity index is 311. The summed E-state index contributed by atoms with van der Waals surface area (Å²) in [4.78, 5) is 0. The van der Waals surface area contributed by atoms with E-state index in [-0.39, 0.29) is 0 Å². The van der Waals surface area contributed by atoms with Crippen LogP contribution in [0.25, 0.3) is 0 Å². The van der Waals surface area contributed by atoms with Crippen molar-refractivity contribution < 1.29 is 0 Å². The van der Waals surface area contributed by atoms with Gasteiger partial charge in [-0.2, -0.15) is 0 Å². The van der Waals surface area contributed by atoms with E-state index in [2.05, 4.69) is 43.2 Å². The summed E-state index contributed by atoms with van der Waals surface area (Å²) in [6.45, 7) is 9.39. The van der Waals surface area contributed by atoms with Crippen molar-refractivity contribution >= 4 is 20.8 Å². The molecule has 0 radical (unpaired) electrons. The van der Waals surface area contributed by atoms with E-state index in [0.29, 0.717) is 0 Å². The molecule has 30 heavy (non-hydrogen) atoms. The normalized spacial score (nSPS) is 13.4. The van der Waals surface area contributed by atoms with Crippen LogP contribution in [0.3, 0.4) is 0 Å². The summed E-state index contributed by atoms with van der Waals surface area (Å²) in [5.41, 5.74) is 0. The van der Waals surface area contributed by atoms with Crippen molar-refractivity contribution in [3.63, 3.8) is 0 Å². The maximum absolute atomic E-state index is 4.67. The van der Waals surface area contributed by atoms with Crippen molar-refractivity contribution in [3.05, 3.63) is 0 Å². The molecule has 0 unspecified atom stereocenters. The molecule has 0 aliphatic carbocycles. The van der Waals surface area contributed by atoms with Gasteiger partial charge < -0.3 is 0 Å². The molecule has 0 bridgehead atoms. The van der Waals surface area contributed by atoms with E-state index in [9.17, 15) is 0 Å². The molecule has 0 amide bonds. The monoisotopic (exact) mass is 506 g/mol. The predicted octanol–water partition coefficient (Wildman–Crippen LogP) is 11.7. The molecule has 0 spiro atoms. The molecule has 0 heterocycles. The first-order valence-corrected chi connectivity index (χ1v) is 19.3. The van der Waals surface area contributed by atoms with Crippen LogP contribution in [0.5, 0.6) is 0 Å². The fourth-order valence-corrected chi connectivity index (χ4v) is 13.6. The SMILES string of the molecule is CCCCCCCCP(Br)(CCCC)(CCCCCCCC)CCCCCCCC. The average Bonchev–Trinajstić information content (AvgIpc) is 2.75. The molecule has 0 aliphatic heterocycles. The molecular weight excluding hydrogens is 447 g/mol. The van der Waals surface area contributed by atoms with Crippen molar-refractivity contribution in [3.8, 4) is 0 Å². The number of halogens is 1. The predicted molar refractivity (Wildman–Crippen MR) is 150 cm³/mol. The van der Waals surface area contributed by atoms with Gasteiger partial charge >= 0.3 is 202 Å². The van der Waals surface area contributed by atoms with Gasteiger partial charge in [-0.3, -0.25) is 0 Å². The zero-order valence-corrected chi connectivity index (χ0v) is 24.3. The number of unbranched alkanes of at least 4 members (excludes halogenated alkanes) is 16. The van der Waals surface area contributed by atoms with E-state index in [0.717, 1.165) is 0 Å². The molecule has 0 aliphatic rings. The second-order valence-corrected chi connectivity index (χ2v) is 21.8. The molecule has 0 aromatic heterocycles. The summed E-state index contributed by atoms with van der Waals surface area (Å²) in [7, 11) is 0. The molecule has 0 rings (SSSR count). The van der Waals surface area contributed by atoms with Gasteiger partial charge in [0, 0.05) is 0 Å². The van der Waals surface area contributed by atoms with Crippen molar-refractivity contribution in [2.45, 2.75) is 156 Å². The van der Waals surface area contributed by atoms with Crippen LogP contribution < -0.4 is 0 Å². The minimum atomic E-state index is -1.70. The minimum absolute atomic E-state index is 1.37. The second-order valence-electron chi connectivity index (χ2n) is 10.4. The van der Waals surface area contributed by atoms with E-state index in [4.69, 9.17) is 0 Å². The van der Waals surface area contributed by atoms with E-state index in [1.165, 1.54) is 135 Å². The van der Waals surface area contributed by atoms with E-state index in [1.54, 1.807) is 18.5 Å². The van der Waals surface area contributed by atoms with Crippen LogP contribution in [-0.2, 0) is 0 Å². The summed E-state index contributed by atoms with van der Waals surface area (Å²) >= 11 is 4.67. The number of hydrogen-bond acceptors (Lipinski definition) is 0. The molecule has 184 valence electrons. The molecular formula is C28H60BrP. The Morgan fingerprint density at radius 1 is 0.333 bits per heavy atom. The van der Waals surface area contributed by atoms with Crippen molar-refractivity contribution in [2.75, 3.05) is 24.6 Å². The molecule has 2 heteroatoms. The molecule has 0 saturated heterocycles. The van der Waals surface area contributed by atoms with Crippen LogP contribution in [0.4, 0.5) is 0 Å². The first-order chi connectivity index (χ1) is 14.5. The molecule has 0 N–H and O–H groups in total. The quantitative estimate of drug-likeness (QED) is 0.0900. The van der Waals surface area contributed by atoms with Gasteiger partial charge in [0.2, 0.25) is 0 Å². The molecule has 0 aromatic carbocycles. The van der Waals surface area contributed by atoms with Crippen molar-refractivity contribution in [1.82, 2.24) is 0 Å². The third kappa shape index (κ3) is 16.5. The molecule has 0 fully saturated rings.